The van der Waals surface area contributed by atoms with E-state index in [0.29, 0.717) is 39.1 Å². The summed E-state index contributed by atoms with van der Waals surface area (Å²) in [6.07, 6.45) is 2.76. The van der Waals surface area contributed by atoms with Crippen LogP contribution in [0.3, 0.4) is 0 Å². The first-order valence-electron chi connectivity index (χ1n) is 9.09. The van der Waals surface area contributed by atoms with Gasteiger partial charge in [0.1, 0.15) is 0 Å². The third-order valence-corrected chi connectivity index (χ3v) is 4.61. The molecule has 1 aromatic rings. The molecular formula is C20H27ClN2O5. The second-order valence-corrected chi connectivity index (χ2v) is 6.35. The number of halogens is 1. The lowest BCUT2D eigenvalue weighted by molar-refractivity contribution is -0.144. The van der Waals surface area contributed by atoms with Gasteiger partial charge in [-0.3, -0.25) is 0 Å². The van der Waals surface area contributed by atoms with Crippen LogP contribution in [0.4, 0.5) is 0 Å². The number of rotatable bonds is 9. The summed E-state index contributed by atoms with van der Waals surface area (Å²) >= 11 is 6.64. The summed E-state index contributed by atoms with van der Waals surface area (Å²) in [5.41, 5.74) is 1.98. The summed E-state index contributed by atoms with van der Waals surface area (Å²) in [7, 11) is 4.63. The molecule has 8 heteroatoms. The molecule has 154 valence electrons. The van der Waals surface area contributed by atoms with Crippen LogP contribution in [0.2, 0.25) is 0 Å². The third-order valence-electron chi connectivity index (χ3n) is 4.20. The SMILES string of the molecule is CCCNC=C1NC(C(=O)OCC)C(Cl)=C1c1ccc(OC)c(OC)c1OC. The zero-order valence-corrected chi connectivity index (χ0v) is 17.6. The number of nitrogens with one attached hydrogen (secondary N) is 2. The number of ether oxygens (including phenoxy) is 4. The maximum Gasteiger partial charge on any atom is 0.334 e. The Morgan fingerprint density at radius 2 is 1.89 bits per heavy atom. The Labute approximate surface area is 170 Å². The van der Waals surface area contributed by atoms with Crippen molar-refractivity contribution in [3.05, 3.63) is 34.6 Å². The number of carbonyl (C=O) groups is 1. The van der Waals surface area contributed by atoms with Gasteiger partial charge in [-0.05, 0) is 25.5 Å². The Morgan fingerprint density at radius 3 is 2.46 bits per heavy atom. The van der Waals surface area contributed by atoms with Crippen LogP contribution in [0.5, 0.6) is 17.2 Å². The van der Waals surface area contributed by atoms with Crippen molar-refractivity contribution in [2.45, 2.75) is 26.3 Å². The minimum absolute atomic E-state index is 0.267. The molecule has 0 spiro atoms. The molecule has 0 radical (unpaired) electrons. The van der Waals surface area contributed by atoms with Crippen LogP contribution in [-0.4, -0.2) is 46.5 Å². The maximum atomic E-state index is 12.4. The summed E-state index contributed by atoms with van der Waals surface area (Å²) in [6, 6.07) is 2.80. The Kier molecular flexibility index (Phi) is 7.87. The van der Waals surface area contributed by atoms with E-state index in [2.05, 4.69) is 17.6 Å². The monoisotopic (exact) mass is 410 g/mol. The van der Waals surface area contributed by atoms with E-state index in [0.717, 1.165) is 13.0 Å². The zero-order chi connectivity index (χ0) is 20.7. The van der Waals surface area contributed by atoms with Crippen molar-refractivity contribution in [2.75, 3.05) is 34.5 Å². The first kappa shape index (κ1) is 21.8. The normalized spacial score (nSPS) is 17.4. The molecule has 0 saturated heterocycles. The van der Waals surface area contributed by atoms with Gasteiger partial charge in [0.05, 0.1) is 38.7 Å². The summed E-state index contributed by atoms with van der Waals surface area (Å²) in [5.74, 6) is 0.994. The van der Waals surface area contributed by atoms with Crippen LogP contribution in [0, 0.1) is 0 Å². The molecule has 28 heavy (non-hydrogen) atoms. The van der Waals surface area contributed by atoms with Gasteiger partial charge in [-0.15, -0.1) is 0 Å². The topological polar surface area (TPSA) is 78.1 Å². The molecule has 0 fully saturated rings. The molecule has 1 atom stereocenters. The fourth-order valence-corrected chi connectivity index (χ4v) is 3.30. The van der Waals surface area contributed by atoms with E-state index in [-0.39, 0.29) is 6.61 Å². The predicted octanol–water partition coefficient (Wildman–Crippen LogP) is 3.04. The van der Waals surface area contributed by atoms with Crippen molar-refractivity contribution in [2.24, 2.45) is 0 Å². The molecule has 1 heterocycles. The largest absolute Gasteiger partial charge is 0.493 e. The van der Waals surface area contributed by atoms with Crippen molar-refractivity contribution in [1.29, 1.82) is 0 Å². The average Bonchev–Trinajstić information content (AvgIpc) is 3.03. The smallest absolute Gasteiger partial charge is 0.334 e. The number of hydrogen-bond donors (Lipinski definition) is 2. The van der Waals surface area contributed by atoms with Gasteiger partial charge in [0.15, 0.2) is 17.5 Å². The van der Waals surface area contributed by atoms with Crippen molar-refractivity contribution in [1.82, 2.24) is 10.6 Å². The van der Waals surface area contributed by atoms with E-state index in [1.165, 1.54) is 7.11 Å². The number of carbonyl (C=O) groups excluding carboxylic acids is 1. The Hall–Kier alpha value is -2.54. The number of hydrogen-bond acceptors (Lipinski definition) is 7. The van der Waals surface area contributed by atoms with Gasteiger partial charge in [0.25, 0.3) is 0 Å². The second-order valence-electron chi connectivity index (χ2n) is 5.95. The van der Waals surface area contributed by atoms with Gasteiger partial charge >= 0.3 is 5.97 Å². The molecule has 0 saturated carbocycles. The quantitative estimate of drug-likeness (QED) is 0.478. The predicted molar refractivity (Wildman–Crippen MR) is 109 cm³/mol. The second kappa shape index (κ2) is 10.1. The molecule has 2 rings (SSSR count). The van der Waals surface area contributed by atoms with E-state index in [1.54, 1.807) is 33.4 Å². The summed E-state index contributed by atoms with van der Waals surface area (Å²) < 4.78 is 21.6. The molecule has 0 bridgehead atoms. The lowest BCUT2D eigenvalue weighted by Crippen LogP contribution is -2.34. The highest BCUT2D eigenvalue weighted by Crippen LogP contribution is 2.46. The van der Waals surface area contributed by atoms with Crippen LogP contribution in [0.15, 0.2) is 29.1 Å². The van der Waals surface area contributed by atoms with E-state index in [4.69, 9.17) is 30.5 Å². The summed E-state index contributed by atoms with van der Waals surface area (Å²) in [6.45, 7) is 4.87. The highest BCUT2D eigenvalue weighted by atomic mass is 35.5. The summed E-state index contributed by atoms with van der Waals surface area (Å²) in [4.78, 5) is 12.4. The number of methoxy groups -OCH3 is 3. The van der Waals surface area contributed by atoms with E-state index in [9.17, 15) is 4.79 Å². The first-order chi connectivity index (χ1) is 13.5. The number of allylic oxidation sites excluding steroid dienone is 1. The van der Waals surface area contributed by atoms with E-state index < -0.39 is 12.0 Å². The lowest BCUT2D eigenvalue weighted by Gasteiger charge is -2.17. The van der Waals surface area contributed by atoms with Gasteiger partial charge in [-0.1, -0.05) is 18.5 Å². The first-order valence-corrected chi connectivity index (χ1v) is 9.47. The standard InChI is InChI=1S/C20H27ClN2O5/c1-6-10-22-11-13-15(16(21)17(23-13)20(24)28-7-2)12-8-9-14(25-3)19(27-5)18(12)26-4/h8-9,11,17,22-23H,6-7,10H2,1-5H3. The Bertz CT molecular complexity index is 776. The molecule has 1 aliphatic heterocycles. The molecule has 1 aliphatic rings. The lowest BCUT2D eigenvalue weighted by atomic mass is 10.0. The van der Waals surface area contributed by atoms with Gasteiger partial charge in [0, 0.05) is 23.9 Å². The van der Waals surface area contributed by atoms with Gasteiger partial charge in [-0.2, -0.15) is 0 Å². The molecule has 1 aromatic carbocycles. The van der Waals surface area contributed by atoms with Gasteiger partial charge in [-0.25, -0.2) is 4.79 Å². The Balaban J connectivity index is 2.62. The van der Waals surface area contributed by atoms with Crippen LogP contribution in [0.1, 0.15) is 25.8 Å². The van der Waals surface area contributed by atoms with Crippen LogP contribution in [-0.2, 0) is 9.53 Å². The minimum Gasteiger partial charge on any atom is -0.493 e. The highest BCUT2D eigenvalue weighted by molar-refractivity contribution is 6.36. The number of esters is 1. The molecule has 2 N–H and O–H groups in total. The van der Waals surface area contributed by atoms with E-state index in [1.807, 2.05) is 6.07 Å². The average molecular weight is 411 g/mol. The van der Waals surface area contributed by atoms with Crippen LogP contribution < -0.4 is 24.8 Å². The zero-order valence-electron chi connectivity index (χ0n) is 16.8. The van der Waals surface area contributed by atoms with Crippen LogP contribution in [0.25, 0.3) is 5.57 Å². The molecule has 0 aliphatic carbocycles. The minimum atomic E-state index is -0.788. The summed E-state index contributed by atoms with van der Waals surface area (Å²) in [5, 5.41) is 6.68. The molecule has 0 aromatic heterocycles. The van der Waals surface area contributed by atoms with Crippen molar-refractivity contribution in [3.63, 3.8) is 0 Å². The molecule has 1 unspecified atom stereocenters. The molecule has 0 amide bonds. The highest BCUT2D eigenvalue weighted by Gasteiger charge is 2.36. The van der Waals surface area contributed by atoms with Gasteiger partial charge < -0.3 is 29.6 Å². The van der Waals surface area contributed by atoms with Crippen LogP contribution >= 0.6 is 11.6 Å². The maximum absolute atomic E-state index is 12.4. The third kappa shape index (κ3) is 4.30. The van der Waals surface area contributed by atoms with E-state index >= 15 is 0 Å². The van der Waals surface area contributed by atoms with Crippen molar-refractivity contribution >= 4 is 23.1 Å². The fraction of sp³-hybridized carbons (Fsp3) is 0.450. The molecular weight excluding hydrogens is 384 g/mol. The molecule has 7 nitrogen and oxygen atoms in total. The van der Waals surface area contributed by atoms with Crippen molar-refractivity contribution < 1.29 is 23.7 Å². The number of benzene rings is 1. The van der Waals surface area contributed by atoms with Gasteiger partial charge in [0.2, 0.25) is 5.75 Å². The Morgan fingerprint density at radius 1 is 1.18 bits per heavy atom. The van der Waals surface area contributed by atoms with Crippen molar-refractivity contribution in [3.8, 4) is 17.2 Å². The fourth-order valence-electron chi connectivity index (χ4n) is 2.96.